The Balaban J connectivity index is 4.28. The number of carbonyl (C=O) groups excluding carboxylic acids is 3. The first-order chi connectivity index (χ1) is 40.5. The zero-order chi connectivity index (χ0) is 59.2. The number of allylic oxidation sites excluding steroid dienone is 14. The Bertz CT molecular complexity index is 1550. The van der Waals surface area contributed by atoms with E-state index in [2.05, 4.69) is 106 Å². The number of hydrogen-bond donors (Lipinski definition) is 0. The predicted octanol–water partition coefficient (Wildman–Crippen LogP) is 24.6. The number of hydrogen-bond acceptors (Lipinski definition) is 6. The summed E-state index contributed by atoms with van der Waals surface area (Å²) in [7, 11) is 0. The van der Waals surface area contributed by atoms with E-state index < -0.39 is 6.10 Å². The fourth-order valence-electron chi connectivity index (χ4n) is 10.3. The number of unbranched alkanes of at least 4 members (excludes halogenated alkanes) is 40. The van der Waals surface area contributed by atoms with Crippen LogP contribution in [0, 0.1) is 0 Å². The smallest absolute Gasteiger partial charge is 0.306 e. The molecular formula is C76H134O6. The van der Waals surface area contributed by atoms with Gasteiger partial charge in [-0.25, -0.2) is 0 Å². The lowest BCUT2D eigenvalue weighted by Crippen LogP contribution is -2.30. The largest absolute Gasteiger partial charge is 0.462 e. The Kier molecular flexibility index (Phi) is 67.2. The molecule has 0 saturated carbocycles. The molecule has 0 aliphatic heterocycles. The summed E-state index contributed by atoms with van der Waals surface area (Å²) in [4.78, 5) is 38.5. The molecule has 0 saturated heterocycles. The van der Waals surface area contributed by atoms with E-state index in [0.29, 0.717) is 19.3 Å². The van der Waals surface area contributed by atoms with Gasteiger partial charge in [0, 0.05) is 19.3 Å². The number of ether oxygens (including phenoxy) is 3. The van der Waals surface area contributed by atoms with Crippen LogP contribution in [-0.2, 0) is 28.6 Å². The zero-order valence-electron chi connectivity index (χ0n) is 54.5. The second-order valence-corrected chi connectivity index (χ2v) is 23.8. The summed E-state index contributed by atoms with van der Waals surface area (Å²) >= 11 is 0. The van der Waals surface area contributed by atoms with Crippen LogP contribution in [0.4, 0.5) is 0 Å². The van der Waals surface area contributed by atoms with Crippen molar-refractivity contribution in [2.45, 2.75) is 367 Å². The van der Waals surface area contributed by atoms with Crippen molar-refractivity contribution < 1.29 is 28.6 Å². The van der Waals surface area contributed by atoms with E-state index in [1.165, 1.54) is 225 Å². The van der Waals surface area contributed by atoms with Crippen molar-refractivity contribution in [2.24, 2.45) is 0 Å². The van der Waals surface area contributed by atoms with Crippen molar-refractivity contribution in [1.82, 2.24) is 0 Å². The van der Waals surface area contributed by atoms with E-state index in [9.17, 15) is 14.4 Å². The maximum Gasteiger partial charge on any atom is 0.306 e. The standard InChI is InChI=1S/C76H134O6/c1-4-7-10-13-16-19-22-25-28-31-33-34-35-36-37-38-39-40-41-42-43-46-48-51-54-57-60-63-66-69-75(78)81-72-73(71-80-74(77)68-65-62-59-56-53-50-47-44-30-27-24-21-18-15-12-9-6-3)82-76(79)70-67-64-61-58-55-52-49-45-32-29-26-23-20-17-14-11-8-5-2/h7,10,16,19-20,23,25,27-30,32-34,73H,4-6,8-9,11-15,17-18,21-22,24,26,31,35-72H2,1-3H3/b10-7-,19-16-,23-20-,28-25-,30-27-,32-29-,34-33-. The highest BCUT2D eigenvalue weighted by Crippen LogP contribution is 2.17. The van der Waals surface area contributed by atoms with E-state index in [-0.39, 0.29) is 31.1 Å². The molecule has 0 fully saturated rings. The molecule has 0 aromatic rings. The van der Waals surface area contributed by atoms with E-state index in [1.54, 1.807) is 0 Å². The molecule has 0 heterocycles. The zero-order valence-corrected chi connectivity index (χ0v) is 54.5. The predicted molar refractivity (Wildman–Crippen MR) is 358 cm³/mol. The summed E-state index contributed by atoms with van der Waals surface area (Å²) in [6.07, 6.45) is 93.2. The van der Waals surface area contributed by atoms with Gasteiger partial charge in [0.15, 0.2) is 6.10 Å². The molecule has 0 bridgehead atoms. The highest BCUT2D eigenvalue weighted by atomic mass is 16.6. The Labute approximate surface area is 509 Å². The molecule has 0 aromatic carbocycles. The van der Waals surface area contributed by atoms with Crippen molar-refractivity contribution in [3.8, 4) is 0 Å². The van der Waals surface area contributed by atoms with Gasteiger partial charge in [0.2, 0.25) is 0 Å². The summed E-state index contributed by atoms with van der Waals surface area (Å²) in [5, 5.41) is 0. The van der Waals surface area contributed by atoms with Gasteiger partial charge >= 0.3 is 17.9 Å². The van der Waals surface area contributed by atoms with Crippen LogP contribution >= 0.6 is 0 Å². The Hall–Kier alpha value is -3.41. The normalized spacial score (nSPS) is 12.6. The lowest BCUT2D eigenvalue weighted by Gasteiger charge is -2.18. The summed E-state index contributed by atoms with van der Waals surface area (Å²) in [6.45, 7) is 6.55. The number of rotatable bonds is 65. The van der Waals surface area contributed by atoms with Gasteiger partial charge in [-0.3, -0.25) is 14.4 Å². The van der Waals surface area contributed by atoms with Gasteiger partial charge in [0.1, 0.15) is 13.2 Å². The Morgan fingerprint density at radius 2 is 0.476 bits per heavy atom. The third-order valence-corrected chi connectivity index (χ3v) is 15.6. The second-order valence-electron chi connectivity index (χ2n) is 23.8. The Morgan fingerprint density at radius 1 is 0.256 bits per heavy atom. The van der Waals surface area contributed by atoms with Crippen molar-refractivity contribution in [2.75, 3.05) is 13.2 Å². The van der Waals surface area contributed by atoms with Crippen LogP contribution in [0.25, 0.3) is 0 Å². The fourth-order valence-corrected chi connectivity index (χ4v) is 10.3. The minimum absolute atomic E-state index is 0.0778. The van der Waals surface area contributed by atoms with Gasteiger partial charge in [0.25, 0.3) is 0 Å². The lowest BCUT2D eigenvalue weighted by molar-refractivity contribution is -0.167. The van der Waals surface area contributed by atoms with Gasteiger partial charge in [-0.2, -0.15) is 0 Å². The average molecular weight is 1140 g/mol. The summed E-state index contributed by atoms with van der Waals surface area (Å²) in [5.74, 6) is -0.870. The van der Waals surface area contributed by atoms with E-state index in [0.717, 1.165) is 96.3 Å². The maximum atomic E-state index is 13.0. The molecule has 0 aromatic heterocycles. The van der Waals surface area contributed by atoms with Crippen LogP contribution in [0.15, 0.2) is 85.1 Å². The molecule has 0 aliphatic carbocycles. The van der Waals surface area contributed by atoms with Crippen LogP contribution < -0.4 is 0 Å². The molecule has 474 valence electrons. The highest BCUT2D eigenvalue weighted by Gasteiger charge is 2.19. The van der Waals surface area contributed by atoms with Gasteiger partial charge in [0.05, 0.1) is 0 Å². The summed E-state index contributed by atoms with van der Waals surface area (Å²) in [6, 6.07) is 0. The molecule has 0 N–H and O–H groups in total. The third kappa shape index (κ3) is 67.4. The van der Waals surface area contributed by atoms with Crippen LogP contribution in [0.1, 0.15) is 361 Å². The molecule has 6 heteroatoms. The van der Waals surface area contributed by atoms with Crippen LogP contribution in [-0.4, -0.2) is 37.2 Å². The molecule has 1 unspecified atom stereocenters. The van der Waals surface area contributed by atoms with Crippen molar-refractivity contribution >= 4 is 17.9 Å². The first kappa shape index (κ1) is 78.6. The van der Waals surface area contributed by atoms with Crippen LogP contribution in [0.3, 0.4) is 0 Å². The van der Waals surface area contributed by atoms with E-state index >= 15 is 0 Å². The van der Waals surface area contributed by atoms with Crippen molar-refractivity contribution in [1.29, 1.82) is 0 Å². The summed E-state index contributed by atoms with van der Waals surface area (Å²) < 4.78 is 17.0. The van der Waals surface area contributed by atoms with Crippen LogP contribution in [0.5, 0.6) is 0 Å². The molecule has 1 atom stereocenters. The highest BCUT2D eigenvalue weighted by molar-refractivity contribution is 5.71. The fraction of sp³-hybridized carbons (Fsp3) is 0.776. The minimum atomic E-state index is -0.783. The van der Waals surface area contributed by atoms with Gasteiger partial charge in [-0.05, 0) is 116 Å². The molecule has 0 radical (unpaired) electrons. The van der Waals surface area contributed by atoms with E-state index in [4.69, 9.17) is 14.2 Å². The lowest BCUT2D eigenvalue weighted by atomic mass is 10.0. The quantitative estimate of drug-likeness (QED) is 0.0261. The molecule has 82 heavy (non-hydrogen) atoms. The van der Waals surface area contributed by atoms with Crippen molar-refractivity contribution in [3.63, 3.8) is 0 Å². The Morgan fingerprint density at radius 3 is 0.768 bits per heavy atom. The number of esters is 3. The molecular weight excluding hydrogens is 1010 g/mol. The maximum absolute atomic E-state index is 13.0. The molecule has 0 amide bonds. The minimum Gasteiger partial charge on any atom is -0.462 e. The van der Waals surface area contributed by atoms with Crippen molar-refractivity contribution in [3.05, 3.63) is 85.1 Å². The molecule has 0 rings (SSSR count). The van der Waals surface area contributed by atoms with Gasteiger partial charge < -0.3 is 14.2 Å². The monoisotopic (exact) mass is 1140 g/mol. The molecule has 0 spiro atoms. The average Bonchev–Trinajstić information content (AvgIpc) is 3.47. The molecule has 0 aliphatic rings. The topological polar surface area (TPSA) is 78.9 Å². The third-order valence-electron chi connectivity index (χ3n) is 15.6. The van der Waals surface area contributed by atoms with E-state index in [1.807, 2.05) is 0 Å². The first-order valence-electron chi connectivity index (χ1n) is 35.6. The first-order valence-corrected chi connectivity index (χ1v) is 35.6. The molecule has 6 nitrogen and oxygen atoms in total. The van der Waals surface area contributed by atoms with Crippen LogP contribution in [0.2, 0.25) is 0 Å². The summed E-state index contributed by atoms with van der Waals surface area (Å²) in [5.41, 5.74) is 0. The van der Waals surface area contributed by atoms with Gasteiger partial charge in [-0.1, -0.05) is 311 Å². The number of carbonyl (C=O) groups is 3. The second kappa shape index (κ2) is 70.1. The van der Waals surface area contributed by atoms with Gasteiger partial charge in [-0.15, -0.1) is 0 Å². The SMILES string of the molecule is CC/C=C\C/C=C\C/C=C\C/C=C\CCCCCCCCCCCCCCCCCCC(=O)OCC(COC(=O)CCCCCCCCC/C=C\CCCCCCCC)OC(=O)CCCCCCCCC/C=C\C/C=C\CCCCCC.